The molecule has 0 saturated carbocycles. The lowest BCUT2D eigenvalue weighted by molar-refractivity contribution is 0.0950. The molecular weight excluding hydrogens is 288 g/mol. The van der Waals surface area contributed by atoms with Crippen LogP contribution in [0.25, 0.3) is 6.08 Å². The van der Waals surface area contributed by atoms with Gasteiger partial charge in [0.1, 0.15) is 0 Å². The van der Waals surface area contributed by atoms with E-state index in [2.05, 4.69) is 41.5 Å². The van der Waals surface area contributed by atoms with Crippen LogP contribution in [0.1, 0.15) is 49.4 Å². The van der Waals surface area contributed by atoms with Gasteiger partial charge in [-0.25, -0.2) is 5.43 Å². The minimum Gasteiger partial charge on any atom is -0.281 e. The second kappa shape index (κ2) is 7.05. The molecule has 1 amide bonds. The Morgan fingerprint density at radius 3 is 2.57 bits per heavy atom. The van der Waals surface area contributed by atoms with E-state index in [1.165, 1.54) is 0 Å². The Morgan fingerprint density at radius 2 is 1.96 bits per heavy atom. The van der Waals surface area contributed by atoms with E-state index < -0.39 is 0 Å². The number of hydrogen-bond donors (Lipinski definition) is 2. The van der Waals surface area contributed by atoms with Gasteiger partial charge in [-0.15, -0.1) is 0 Å². The summed E-state index contributed by atoms with van der Waals surface area (Å²) in [6.45, 7) is 8.09. The lowest BCUT2D eigenvalue weighted by Crippen LogP contribution is -2.18. The standard InChI is InChI=1S/C18H22N4O/c1-13(10-14-8-6-5-7-9-14)12-19-22-17(23)15-11-16(21-20-15)18(2,3)4/h5-12H,1-4H3,(H,20,21)(H,22,23)/b13-10-,19-12-. The Morgan fingerprint density at radius 1 is 1.26 bits per heavy atom. The summed E-state index contributed by atoms with van der Waals surface area (Å²) in [6, 6.07) is 11.7. The average Bonchev–Trinajstić information content (AvgIpc) is 2.98. The van der Waals surface area contributed by atoms with Gasteiger partial charge < -0.3 is 0 Å². The number of nitrogens with one attached hydrogen (secondary N) is 2. The lowest BCUT2D eigenvalue weighted by Gasteiger charge is -2.14. The second-order valence-corrected chi connectivity index (χ2v) is 6.42. The molecule has 0 fully saturated rings. The topological polar surface area (TPSA) is 70.1 Å². The summed E-state index contributed by atoms with van der Waals surface area (Å²) >= 11 is 0. The molecule has 5 heteroatoms. The maximum absolute atomic E-state index is 12.0. The van der Waals surface area contributed by atoms with E-state index in [-0.39, 0.29) is 11.3 Å². The van der Waals surface area contributed by atoms with E-state index >= 15 is 0 Å². The molecule has 0 aliphatic rings. The van der Waals surface area contributed by atoms with Crippen LogP contribution in [0, 0.1) is 0 Å². The van der Waals surface area contributed by atoms with Crippen LogP contribution in [0.2, 0.25) is 0 Å². The van der Waals surface area contributed by atoms with Crippen LogP contribution < -0.4 is 5.43 Å². The highest BCUT2D eigenvalue weighted by Gasteiger charge is 2.18. The molecule has 120 valence electrons. The number of rotatable bonds is 4. The van der Waals surface area contributed by atoms with Crippen LogP contribution in [0.5, 0.6) is 0 Å². The summed E-state index contributed by atoms with van der Waals surface area (Å²) < 4.78 is 0. The van der Waals surface area contributed by atoms with Crippen molar-refractivity contribution in [3.05, 3.63) is 58.9 Å². The monoisotopic (exact) mass is 310 g/mol. The van der Waals surface area contributed by atoms with E-state index in [1.54, 1.807) is 12.3 Å². The minimum absolute atomic E-state index is 0.0796. The Bertz CT molecular complexity index is 721. The third-order valence-electron chi connectivity index (χ3n) is 3.25. The van der Waals surface area contributed by atoms with E-state index in [1.807, 2.05) is 43.3 Å². The van der Waals surface area contributed by atoms with Crippen LogP contribution in [0.3, 0.4) is 0 Å². The molecule has 0 radical (unpaired) electrons. The van der Waals surface area contributed by atoms with Crippen molar-refractivity contribution < 1.29 is 4.79 Å². The molecule has 0 aliphatic carbocycles. The molecular formula is C18H22N4O. The zero-order chi connectivity index (χ0) is 16.9. The van der Waals surface area contributed by atoms with Crippen LogP contribution in [-0.2, 0) is 5.41 Å². The highest BCUT2D eigenvalue weighted by molar-refractivity contribution is 5.93. The van der Waals surface area contributed by atoms with E-state index in [9.17, 15) is 4.79 Å². The van der Waals surface area contributed by atoms with Gasteiger partial charge in [0.25, 0.3) is 5.91 Å². The first kappa shape index (κ1) is 16.7. The molecule has 0 atom stereocenters. The van der Waals surface area contributed by atoms with Gasteiger partial charge in [0.05, 0.1) is 6.21 Å². The molecule has 23 heavy (non-hydrogen) atoms. The van der Waals surface area contributed by atoms with E-state index in [4.69, 9.17) is 0 Å². The van der Waals surface area contributed by atoms with Crippen LogP contribution >= 0.6 is 0 Å². The van der Waals surface area contributed by atoms with Gasteiger partial charge in [0.15, 0.2) is 5.69 Å². The third-order valence-corrected chi connectivity index (χ3v) is 3.25. The minimum atomic E-state index is -0.333. The predicted molar refractivity (Wildman–Crippen MR) is 93.3 cm³/mol. The summed E-state index contributed by atoms with van der Waals surface area (Å²) in [5.74, 6) is -0.333. The molecule has 0 spiro atoms. The number of nitrogens with zero attached hydrogens (tertiary/aromatic N) is 2. The second-order valence-electron chi connectivity index (χ2n) is 6.42. The number of aromatic nitrogens is 2. The summed E-state index contributed by atoms with van der Waals surface area (Å²) in [7, 11) is 0. The van der Waals surface area contributed by atoms with Crippen molar-refractivity contribution in [2.24, 2.45) is 5.10 Å². The Labute approximate surface area is 136 Å². The highest BCUT2D eigenvalue weighted by atomic mass is 16.2. The average molecular weight is 310 g/mol. The maximum Gasteiger partial charge on any atom is 0.291 e. The maximum atomic E-state index is 12.0. The van der Waals surface area contributed by atoms with Crippen molar-refractivity contribution >= 4 is 18.2 Å². The lowest BCUT2D eigenvalue weighted by atomic mass is 9.92. The quantitative estimate of drug-likeness (QED) is 0.670. The molecule has 2 N–H and O–H groups in total. The summed E-state index contributed by atoms with van der Waals surface area (Å²) in [4.78, 5) is 12.0. The number of allylic oxidation sites excluding steroid dienone is 1. The molecule has 1 heterocycles. The smallest absolute Gasteiger partial charge is 0.281 e. The highest BCUT2D eigenvalue weighted by Crippen LogP contribution is 2.20. The Hall–Kier alpha value is -2.69. The zero-order valence-corrected chi connectivity index (χ0v) is 13.9. The number of benzene rings is 1. The number of H-pyrrole nitrogens is 1. The molecule has 1 aromatic carbocycles. The number of aromatic amines is 1. The SMILES string of the molecule is CC(/C=N\NC(=O)c1cc(C(C)(C)C)[nH]n1)=C/c1ccccc1. The molecule has 5 nitrogen and oxygen atoms in total. The van der Waals surface area contributed by atoms with Crippen LogP contribution in [0.15, 0.2) is 47.1 Å². The fourth-order valence-electron chi connectivity index (χ4n) is 1.92. The van der Waals surface area contributed by atoms with Crippen molar-refractivity contribution in [2.45, 2.75) is 33.1 Å². The van der Waals surface area contributed by atoms with Gasteiger partial charge in [-0.1, -0.05) is 57.2 Å². The Kier molecular flexibility index (Phi) is 5.11. The van der Waals surface area contributed by atoms with Gasteiger partial charge in [-0.3, -0.25) is 9.89 Å². The van der Waals surface area contributed by atoms with Crippen molar-refractivity contribution in [3.8, 4) is 0 Å². The van der Waals surface area contributed by atoms with Crippen molar-refractivity contribution in [1.82, 2.24) is 15.6 Å². The van der Waals surface area contributed by atoms with Gasteiger partial charge in [0, 0.05) is 11.1 Å². The van der Waals surface area contributed by atoms with Crippen molar-refractivity contribution in [2.75, 3.05) is 0 Å². The van der Waals surface area contributed by atoms with Crippen LogP contribution in [-0.4, -0.2) is 22.3 Å². The summed E-state index contributed by atoms with van der Waals surface area (Å²) in [6.07, 6.45) is 3.60. The van der Waals surface area contributed by atoms with Crippen molar-refractivity contribution in [1.29, 1.82) is 0 Å². The predicted octanol–water partition coefficient (Wildman–Crippen LogP) is 3.53. The molecule has 2 aromatic rings. The van der Waals surface area contributed by atoms with Gasteiger partial charge in [-0.2, -0.15) is 10.2 Å². The summed E-state index contributed by atoms with van der Waals surface area (Å²) in [5.41, 5.74) is 5.67. The van der Waals surface area contributed by atoms with Gasteiger partial charge >= 0.3 is 0 Å². The molecule has 0 unspecified atom stereocenters. The first-order valence-electron chi connectivity index (χ1n) is 7.49. The molecule has 0 saturated heterocycles. The number of carbonyl (C=O) groups excluding carboxylic acids is 1. The van der Waals surface area contributed by atoms with Crippen LogP contribution in [0.4, 0.5) is 0 Å². The van der Waals surface area contributed by atoms with Gasteiger partial charge in [-0.05, 0) is 24.1 Å². The van der Waals surface area contributed by atoms with Crippen molar-refractivity contribution in [3.63, 3.8) is 0 Å². The molecule has 1 aromatic heterocycles. The zero-order valence-electron chi connectivity index (χ0n) is 13.9. The number of hydrogen-bond acceptors (Lipinski definition) is 3. The molecule has 2 rings (SSSR count). The number of amides is 1. The molecule has 0 aliphatic heterocycles. The first-order valence-corrected chi connectivity index (χ1v) is 7.49. The normalized spacial score (nSPS) is 12.6. The first-order chi connectivity index (χ1) is 10.9. The fourth-order valence-corrected chi connectivity index (χ4v) is 1.92. The third kappa shape index (κ3) is 4.92. The summed E-state index contributed by atoms with van der Waals surface area (Å²) in [5, 5.41) is 10.9. The fraction of sp³-hybridized carbons (Fsp3) is 0.278. The number of carbonyl (C=O) groups is 1. The van der Waals surface area contributed by atoms with E-state index in [0.29, 0.717) is 5.69 Å². The van der Waals surface area contributed by atoms with Gasteiger partial charge in [0.2, 0.25) is 0 Å². The number of hydrazone groups is 1. The van der Waals surface area contributed by atoms with E-state index in [0.717, 1.165) is 16.8 Å². The largest absolute Gasteiger partial charge is 0.291 e. The molecule has 0 bridgehead atoms. The Balaban J connectivity index is 1.96.